The molecule has 0 amide bonds. The zero-order chi connectivity index (χ0) is 22.0. The molecule has 1 fully saturated rings. The van der Waals surface area contributed by atoms with Gasteiger partial charge in [-0.1, -0.05) is 49.2 Å². The van der Waals surface area contributed by atoms with E-state index in [4.69, 9.17) is 16.6 Å². The number of piperazine rings is 1. The van der Waals surface area contributed by atoms with Gasteiger partial charge in [0.2, 0.25) is 10.0 Å². The van der Waals surface area contributed by atoms with Crippen molar-refractivity contribution >= 4 is 38.1 Å². The molecule has 164 valence electrons. The molecule has 0 bridgehead atoms. The Kier molecular flexibility index (Phi) is 6.62. The molecule has 0 unspecified atom stereocenters. The number of rotatable bonds is 6. The molecule has 1 saturated heterocycles. The molecule has 1 aliphatic rings. The molecule has 4 rings (SSSR count). The van der Waals surface area contributed by atoms with Crippen LogP contribution in [0.5, 0.6) is 0 Å². The van der Waals surface area contributed by atoms with Gasteiger partial charge in [0.15, 0.2) is 5.13 Å². The molecule has 2 aromatic carbocycles. The van der Waals surface area contributed by atoms with Crippen LogP contribution in [0.2, 0.25) is 5.02 Å². The SMILES string of the molecule is CCCc1ccc(-c2csc(N3CCN(S(=O)(=O)c4ccc(F)c(Cl)c4)CC3)n2)cc1. The lowest BCUT2D eigenvalue weighted by Gasteiger charge is -2.33. The number of benzene rings is 2. The van der Waals surface area contributed by atoms with Crippen molar-refractivity contribution in [3.8, 4) is 11.3 Å². The zero-order valence-corrected chi connectivity index (χ0v) is 19.5. The molecule has 5 nitrogen and oxygen atoms in total. The monoisotopic (exact) mass is 479 g/mol. The third kappa shape index (κ3) is 4.77. The van der Waals surface area contributed by atoms with E-state index < -0.39 is 15.8 Å². The van der Waals surface area contributed by atoms with Crippen molar-refractivity contribution in [1.29, 1.82) is 0 Å². The zero-order valence-electron chi connectivity index (χ0n) is 17.1. The Morgan fingerprint density at radius 3 is 2.45 bits per heavy atom. The van der Waals surface area contributed by atoms with Crippen LogP contribution < -0.4 is 4.90 Å². The molecule has 1 aromatic heterocycles. The van der Waals surface area contributed by atoms with E-state index in [1.807, 2.05) is 5.38 Å². The lowest BCUT2D eigenvalue weighted by Crippen LogP contribution is -2.48. The molecular weight excluding hydrogens is 457 g/mol. The van der Waals surface area contributed by atoms with Crippen LogP contribution in [0, 0.1) is 5.82 Å². The highest BCUT2D eigenvalue weighted by molar-refractivity contribution is 7.89. The second kappa shape index (κ2) is 9.24. The van der Waals surface area contributed by atoms with E-state index in [9.17, 15) is 12.8 Å². The third-order valence-corrected chi connectivity index (χ3v) is 8.40. The van der Waals surface area contributed by atoms with E-state index in [1.54, 1.807) is 11.3 Å². The van der Waals surface area contributed by atoms with Gasteiger partial charge in [-0.3, -0.25) is 0 Å². The fourth-order valence-corrected chi connectivity index (χ4v) is 6.16. The highest BCUT2D eigenvalue weighted by Gasteiger charge is 2.30. The van der Waals surface area contributed by atoms with Crippen LogP contribution in [0.1, 0.15) is 18.9 Å². The van der Waals surface area contributed by atoms with Gasteiger partial charge in [0, 0.05) is 37.1 Å². The first-order chi connectivity index (χ1) is 14.9. The molecule has 0 N–H and O–H groups in total. The van der Waals surface area contributed by atoms with E-state index in [1.165, 1.54) is 15.9 Å². The van der Waals surface area contributed by atoms with E-state index in [2.05, 4.69) is 36.1 Å². The quantitative estimate of drug-likeness (QED) is 0.495. The van der Waals surface area contributed by atoms with Gasteiger partial charge in [0.05, 0.1) is 15.6 Å². The van der Waals surface area contributed by atoms with Crippen molar-refractivity contribution in [3.05, 3.63) is 64.2 Å². The van der Waals surface area contributed by atoms with Gasteiger partial charge >= 0.3 is 0 Å². The summed E-state index contributed by atoms with van der Waals surface area (Å²) < 4.78 is 40.5. The predicted molar refractivity (Wildman–Crippen MR) is 124 cm³/mol. The highest BCUT2D eigenvalue weighted by atomic mass is 35.5. The number of sulfonamides is 1. The van der Waals surface area contributed by atoms with E-state index in [0.29, 0.717) is 26.2 Å². The highest BCUT2D eigenvalue weighted by Crippen LogP contribution is 2.29. The molecule has 0 saturated carbocycles. The molecule has 1 aliphatic heterocycles. The normalized spacial score (nSPS) is 15.4. The second-order valence-electron chi connectivity index (χ2n) is 7.43. The van der Waals surface area contributed by atoms with Gasteiger partial charge in [0.25, 0.3) is 0 Å². The van der Waals surface area contributed by atoms with Gasteiger partial charge in [0.1, 0.15) is 5.82 Å². The maximum absolute atomic E-state index is 13.4. The molecular formula is C22H23ClFN3O2S2. The van der Waals surface area contributed by atoms with Gasteiger partial charge in [-0.25, -0.2) is 17.8 Å². The van der Waals surface area contributed by atoms with Crippen LogP contribution >= 0.6 is 22.9 Å². The number of aromatic nitrogens is 1. The minimum atomic E-state index is -3.72. The van der Waals surface area contributed by atoms with Crippen LogP contribution in [0.4, 0.5) is 9.52 Å². The van der Waals surface area contributed by atoms with Crippen molar-refractivity contribution < 1.29 is 12.8 Å². The molecule has 0 aliphatic carbocycles. The topological polar surface area (TPSA) is 53.5 Å². The van der Waals surface area contributed by atoms with Crippen LogP contribution in [0.15, 0.2) is 52.7 Å². The molecule has 0 atom stereocenters. The smallest absolute Gasteiger partial charge is 0.243 e. The molecule has 0 spiro atoms. The minimum Gasteiger partial charge on any atom is -0.345 e. The maximum atomic E-state index is 13.4. The first-order valence-corrected chi connectivity index (χ1v) is 12.8. The Morgan fingerprint density at radius 1 is 1.10 bits per heavy atom. The van der Waals surface area contributed by atoms with Crippen molar-refractivity contribution in [1.82, 2.24) is 9.29 Å². The number of hydrogen-bond donors (Lipinski definition) is 0. The van der Waals surface area contributed by atoms with Crippen LogP contribution in [0.25, 0.3) is 11.3 Å². The Labute approximate surface area is 191 Å². The van der Waals surface area contributed by atoms with E-state index in [-0.39, 0.29) is 9.92 Å². The fraction of sp³-hybridized carbons (Fsp3) is 0.318. The summed E-state index contributed by atoms with van der Waals surface area (Å²) in [6.07, 6.45) is 2.19. The summed E-state index contributed by atoms with van der Waals surface area (Å²) in [4.78, 5) is 6.87. The maximum Gasteiger partial charge on any atom is 0.243 e. The average molecular weight is 480 g/mol. The Morgan fingerprint density at radius 2 is 1.81 bits per heavy atom. The summed E-state index contributed by atoms with van der Waals surface area (Å²) in [7, 11) is -3.72. The number of hydrogen-bond acceptors (Lipinski definition) is 5. The molecule has 2 heterocycles. The molecule has 31 heavy (non-hydrogen) atoms. The van der Waals surface area contributed by atoms with Gasteiger partial charge in [-0.15, -0.1) is 11.3 Å². The second-order valence-corrected chi connectivity index (χ2v) is 10.6. The van der Waals surface area contributed by atoms with Gasteiger partial charge in [-0.2, -0.15) is 4.31 Å². The summed E-state index contributed by atoms with van der Waals surface area (Å²) in [6.45, 7) is 3.91. The Balaban J connectivity index is 1.42. The van der Waals surface area contributed by atoms with Crippen LogP contribution in [0.3, 0.4) is 0 Å². The van der Waals surface area contributed by atoms with Crippen molar-refractivity contribution in [2.24, 2.45) is 0 Å². The van der Waals surface area contributed by atoms with Gasteiger partial charge in [-0.05, 0) is 30.2 Å². The number of anilines is 1. The predicted octanol–water partition coefficient (Wildman–Crippen LogP) is 5.07. The first kappa shape index (κ1) is 22.2. The third-order valence-electron chi connectivity index (χ3n) is 5.32. The number of thiazole rings is 1. The fourth-order valence-electron chi connectivity index (χ4n) is 3.58. The molecule has 0 radical (unpaired) electrons. The van der Waals surface area contributed by atoms with Crippen molar-refractivity contribution in [2.75, 3.05) is 31.1 Å². The van der Waals surface area contributed by atoms with E-state index in [0.717, 1.165) is 41.4 Å². The van der Waals surface area contributed by atoms with Crippen LogP contribution in [-0.2, 0) is 16.4 Å². The number of nitrogens with zero attached hydrogens (tertiary/aromatic N) is 3. The summed E-state index contributed by atoms with van der Waals surface area (Å²) >= 11 is 7.33. The van der Waals surface area contributed by atoms with Crippen molar-refractivity contribution in [3.63, 3.8) is 0 Å². The summed E-state index contributed by atoms with van der Waals surface area (Å²) in [5.74, 6) is -0.634. The average Bonchev–Trinajstić information content (AvgIpc) is 3.27. The molecule has 9 heteroatoms. The first-order valence-electron chi connectivity index (χ1n) is 10.1. The largest absolute Gasteiger partial charge is 0.345 e. The number of halogens is 2. The summed E-state index contributed by atoms with van der Waals surface area (Å²) in [5.41, 5.74) is 3.33. The number of aryl methyl sites for hydroxylation is 1. The lowest BCUT2D eigenvalue weighted by atomic mass is 10.1. The summed E-state index contributed by atoms with van der Waals surface area (Å²) in [6, 6.07) is 12.0. The Bertz CT molecular complexity index is 1160. The summed E-state index contributed by atoms with van der Waals surface area (Å²) in [5, 5.41) is 2.72. The minimum absolute atomic E-state index is 0.00963. The standard InChI is InChI=1S/C22H23ClFN3O2S2/c1-2-3-16-4-6-17(7-5-16)21-15-30-22(25-21)26-10-12-27(13-11-26)31(28,29)18-8-9-20(24)19(23)14-18/h4-9,14-15H,2-3,10-13H2,1H3. The van der Waals surface area contributed by atoms with E-state index >= 15 is 0 Å². The lowest BCUT2D eigenvalue weighted by molar-refractivity contribution is 0.384. The van der Waals surface area contributed by atoms with Crippen LogP contribution in [-0.4, -0.2) is 43.9 Å². The van der Waals surface area contributed by atoms with Crippen molar-refractivity contribution in [2.45, 2.75) is 24.7 Å². The molecule has 3 aromatic rings. The Hall–Kier alpha value is -2.00. The van der Waals surface area contributed by atoms with Gasteiger partial charge < -0.3 is 4.90 Å².